The van der Waals surface area contributed by atoms with Crippen molar-refractivity contribution in [2.75, 3.05) is 24.5 Å². The van der Waals surface area contributed by atoms with E-state index in [2.05, 4.69) is 88.1 Å². The predicted molar refractivity (Wildman–Crippen MR) is 208 cm³/mol. The minimum absolute atomic E-state index is 0.0290. The molecule has 51 heavy (non-hydrogen) atoms. The van der Waals surface area contributed by atoms with Gasteiger partial charge < -0.3 is 19.3 Å². The number of piperazine rings is 1. The van der Waals surface area contributed by atoms with Gasteiger partial charge in [0.25, 0.3) is 8.32 Å². The molecule has 0 aliphatic carbocycles. The van der Waals surface area contributed by atoms with Crippen LogP contribution in [-0.4, -0.2) is 64.6 Å². The largest absolute Gasteiger partial charge is 0.465 e. The molecule has 266 valence electrons. The molecule has 0 saturated carbocycles. The first kappa shape index (κ1) is 36.6. The monoisotopic (exact) mass is 743 g/mol. The van der Waals surface area contributed by atoms with Crippen molar-refractivity contribution in [2.45, 2.75) is 65.1 Å². The molecule has 6 rings (SSSR count). The number of hydrogen-bond acceptors (Lipinski definition) is 6. The number of benzene rings is 3. The molecule has 5 aromatic rings. The molecule has 0 radical (unpaired) electrons. The summed E-state index contributed by atoms with van der Waals surface area (Å²) in [4.78, 5) is 38.9. The maximum Gasteiger partial charge on any atom is 0.407 e. The van der Waals surface area contributed by atoms with Gasteiger partial charge in [-0.1, -0.05) is 137 Å². The van der Waals surface area contributed by atoms with Gasteiger partial charge in [0, 0.05) is 31.2 Å². The Balaban J connectivity index is 1.56. The molecular formula is C39H43Cl2N5O4Si. The van der Waals surface area contributed by atoms with Crippen molar-refractivity contribution in [3.63, 3.8) is 0 Å². The zero-order chi connectivity index (χ0) is 36.7. The number of para-hydroxylation sites is 1. The molecule has 1 atom stereocenters. The third-order valence-corrected chi connectivity index (χ3v) is 15.4. The van der Waals surface area contributed by atoms with Gasteiger partial charge in [-0.05, 0) is 39.9 Å². The lowest BCUT2D eigenvalue weighted by atomic mass is 9.97. The highest BCUT2D eigenvalue weighted by Crippen LogP contribution is 2.39. The Morgan fingerprint density at radius 1 is 0.961 bits per heavy atom. The lowest BCUT2D eigenvalue weighted by Gasteiger charge is -2.43. The van der Waals surface area contributed by atoms with E-state index >= 15 is 0 Å². The van der Waals surface area contributed by atoms with E-state index in [-0.39, 0.29) is 46.9 Å². The van der Waals surface area contributed by atoms with Crippen LogP contribution in [0.1, 0.15) is 58.6 Å². The molecule has 0 bridgehead atoms. The molecule has 3 heterocycles. The average Bonchev–Trinajstić information content (AvgIpc) is 3.09. The number of hydrogen-bond donors (Lipinski definition) is 1. The zero-order valence-corrected chi connectivity index (χ0v) is 32.2. The minimum Gasteiger partial charge on any atom is -0.465 e. The number of carbonyl (C=O) groups is 1. The van der Waals surface area contributed by atoms with Gasteiger partial charge in [-0.3, -0.25) is 0 Å². The average molecular weight is 745 g/mol. The van der Waals surface area contributed by atoms with Gasteiger partial charge in [-0.25, -0.2) is 19.1 Å². The maximum atomic E-state index is 14.5. The molecule has 1 N–H and O–H groups in total. The van der Waals surface area contributed by atoms with E-state index in [0.717, 1.165) is 21.5 Å². The number of halogens is 2. The SMILES string of the molecule is CC(C)c1cccc(CO[Si](c2ccccc2)(c2ccccc2)C(C)(C)C)c1-n1c(=O)nc(N2CCN(C(=O)O)CC2C)c2cc(Cl)c(Cl)nc21. The number of fused-ring (bicyclic) bond motifs is 1. The van der Waals surface area contributed by atoms with E-state index in [4.69, 9.17) is 32.6 Å². The van der Waals surface area contributed by atoms with E-state index in [1.54, 1.807) is 10.6 Å². The summed E-state index contributed by atoms with van der Waals surface area (Å²) in [5.41, 5.74) is 2.16. The Labute approximate surface area is 309 Å². The van der Waals surface area contributed by atoms with Gasteiger partial charge in [0.05, 0.1) is 22.7 Å². The van der Waals surface area contributed by atoms with Crippen molar-refractivity contribution < 1.29 is 14.3 Å². The Bertz CT molecular complexity index is 2080. The van der Waals surface area contributed by atoms with Gasteiger partial charge in [0.2, 0.25) is 0 Å². The van der Waals surface area contributed by atoms with Crippen LogP contribution in [0.3, 0.4) is 0 Å². The van der Waals surface area contributed by atoms with Gasteiger partial charge >= 0.3 is 11.8 Å². The van der Waals surface area contributed by atoms with Crippen LogP contribution in [0.2, 0.25) is 15.2 Å². The Hall–Kier alpha value is -4.22. The first-order valence-electron chi connectivity index (χ1n) is 17.1. The van der Waals surface area contributed by atoms with Crippen molar-refractivity contribution in [1.82, 2.24) is 19.4 Å². The standard InChI is InChI=1S/C39H43Cl2N5O4Si/c1-25(2)30-19-13-14-27(24-50-51(39(4,5)6,28-15-9-7-10-16-28)29-17-11-8-12-18-29)33(30)46-36-31(22-32(40)34(41)42-36)35(43-37(46)47)45-21-20-44(38(48)49)23-26(45)3/h7-19,22,25-26H,20-21,23-24H2,1-6H3,(H,48,49). The maximum absolute atomic E-state index is 14.5. The third kappa shape index (κ3) is 6.78. The molecule has 1 fully saturated rings. The van der Waals surface area contributed by atoms with Crippen molar-refractivity contribution in [3.05, 3.63) is 117 Å². The lowest BCUT2D eigenvalue weighted by molar-refractivity contribution is 0.136. The second-order valence-corrected chi connectivity index (χ2v) is 19.5. The summed E-state index contributed by atoms with van der Waals surface area (Å²) < 4.78 is 8.92. The summed E-state index contributed by atoms with van der Waals surface area (Å²) in [5.74, 6) is 0.420. The second kappa shape index (κ2) is 14.4. The summed E-state index contributed by atoms with van der Waals surface area (Å²) >= 11 is 13.2. The summed E-state index contributed by atoms with van der Waals surface area (Å²) in [6, 6.07) is 28.3. The zero-order valence-electron chi connectivity index (χ0n) is 29.7. The number of rotatable bonds is 8. The number of nitrogens with zero attached hydrogens (tertiary/aromatic N) is 5. The van der Waals surface area contributed by atoms with E-state index in [0.29, 0.717) is 29.1 Å². The molecule has 2 aromatic heterocycles. The molecule has 3 aromatic carbocycles. The van der Waals surface area contributed by atoms with Crippen molar-refractivity contribution in [1.29, 1.82) is 0 Å². The van der Waals surface area contributed by atoms with Gasteiger partial charge in [0.15, 0.2) is 5.65 Å². The number of carboxylic acid groups (broad SMARTS) is 1. The van der Waals surface area contributed by atoms with Crippen LogP contribution in [-0.2, 0) is 11.0 Å². The summed E-state index contributed by atoms with van der Waals surface area (Å²) in [7, 11) is -2.95. The second-order valence-electron chi connectivity index (χ2n) is 14.4. The first-order valence-corrected chi connectivity index (χ1v) is 19.8. The smallest absolute Gasteiger partial charge is 0.407 e. The van der Waals surface area contributed by atoms with Crippen LogP contribution in [0.15, 0.2) is 89.7 Å². The van der Waals surface area contributed by atoms with E-state index < -0.39 is 20.1 Å². The molecule has 9 nitrogen and oxygen atoms in total. The molecule has 1 amide bonds. The Kier molecular flexibility index (Phi) is 10.3. The molecule has 1 aliphatic heterocycles. The van der Waals surface area contributed by atoms with Crippen LogP contribution in [0.4, 0.5) is 10.6 Å². The lowest BCUT2D eigenvalue weighted by Crippen LogP contribution is -2.66. The van der Waals surface area contributed by atoms with Gasteiger partial charge in [-0.15, -0.1) is 0 Å². The van der Waals surface area contributed by atoms with Crippen LogP contribution < -0.4 is 21.0 Å². The van der Waals surface area contributed by atoms with Crippen molar-refractivity contribution in [2.24, 2.45) is 0 Å². The van der Waals surface area contributed by atoms with E-state index in [1.165, 1.54) is 4.90 Å². The van der Waals surface area contributed by atoms with Crippen molar-refractivity contribution >= 4 is 64.8 Å². The molecule has 1 saturated heterocycles. The van der Waals surface area contributed by atoms with E-state index in [9.17, 15) is 14.7 Å². The topological polar surface area (TPSA) is 101 Å². The van der Waals surface area contributed by atoms with Crippen LogP contribution in [0.25, 0.3) is 16.7 Å². The van der Waals surface area contributed by atoms with Crippen LogP contribution >= 0.6 is 23.2 Å². The fourth-order valence-electron chi connectivity index (χ4n) is 7.36. The molecular weight excluding hydrogens is 701 g/mol. The normalized spacial score (nSPS) is 15.5. The fraction of sp³-hybridized carbons (Fsp3) is 0.333. The van der Waals surface area contributed by atoms with Gasteiger partial charge in [-0.2, -0.15) is 4.98 Å². The van der Waals surface area contributed by atoms with Crippen LogP contribution in [0, 0.1) is 0 Å². The molecule has 1 unspecified atom stereocenters. The van der Waals surface area contributed by atoms with Gasteiger partial charge in [0.1, 0.15) is 11.0 Å². The molecule has 0 spiro atoms. The number of aromatic nitrogens is 3. The minimum atomic E-state index is -2.95. The highest BCUT2D eigenvalue weighted by atomic mass is 35.5. The first-order chi connectivity index (χ1) is 24.2. The number of amides is 1. The number of anilines is 1. The summed E-state index contributed by atoms with van der Waals surface area (Å²) in [5, 5.41) is 12.5. The fourth-order valence-corrected chi connectivity index (χ4v) is 12.2. The van der Waals surface area contributed by atoms with E-state index in [1.807, 2.05) is 42.2 Å². The quantitative estimate of drug-likeness (QED) is 0.130. The Morgan fingerprint density at radius 2 is 1.59 bits per heavy atom. The summed E-state index contributed by atoms with van der Waals surface area (Å²) in [6.07, 6.45) is -0.982. The van der Waals surface area contributed by atoms with Crippen LogP contribution in [0.5, 0.6) is 0 Å². The highest BCUT2D eigenvalue weighted by molar-refractivity contribution is 6.99. The molecule has 12 heteroatoms. The molecule has 1 aliphatic rings. The van der Waals surface area contributed by atoms with Crippen molar-refractivity contribution in [3.8, 4) is 5.69 Å². The summed E-state index contributed by atoms with van der Waals surface area (Å²) in [6.45, 7) is 13.9. The third-order valence-electron chi connectivity index (χ3n) is 9.79. The predicted octanol–water partition coefficient (Wildman–Crippen LogP) is 7.48. The Morgan fingerprint density at radius 3 is 2.14 bits per heavy atom. The highest BCUT2D eigenvalue weighted by Gasteiger charge is 2.50. The number of pyridine rings is 1.